The molecule has 0 aromatic heterocycles. The molecule has 0 bridgehead atoms. The molecule has 0 radical (unpaired) electrons. The highest BCUT2D eigenvalue weighted by Gasteiger charge is 2.36. The van der Waals surface area contributed by atoms with Crippen LogP contribution >= 0.6 is 0 Å². The van der Waals surface area contributed by atoms with E-state index in [1.807, 2.05) is 43.3 Å². The van der Waals surface area contributed by atoms with Gasteiger partial charge in [0.25, 0.3) is 0 Å². The maximum Gasteiger partial charge on any atom is 0.231 e. The Hall–Kier alpha value is -2.44. The monoisotopic (exact) mass is 385 g/mol. The molecule has 6 heteroatoms. The van der Waals surface area contributed by atoms with Gasteiger partial charge in [-0.05, 0) is 31.9 Å². The summed E-state index contributed by atoms with van der Waals surface area (Å²) in [5.74, 6) is 3.07. The van der Waals surface area contributed by atoms with Crippen LogP contribution in [0.3, 0.4) is 0 Å². The molecule has 2 aromatic carbocycles. The zero-order valence-electron chi connectivity index (χ0n) is 16.4. The molecule has 4 rings (SSSR count). The number of hydrogen-bond donors (Lipinski definition) is 1. The third kappa shape index (κ3) is 3.62. The summed E-state index contributed by atoms with van der Waals surface area (Å²) in [7, 11) is 1.65. The van der Waals surface area contributed by atoms with Crippen LogP contribution in [-0.4, -0.2) is 43.6 Å². The van der Waals surface area contributed by atoms with Gasteiger partial charge < -0.3 is 24.1 Å². The number of benzene rings is 2. The smallest absolute Gasteiger partial charge is 0.231 e. The largest absolute Gasteiger partial charge is 0.496 e. The molecule has 150 valence electrons. The fourth-order valence-electron chi connectivity index (χ4n) is 4.00. The number of hydrogen-bond acceptors (Lipinski definition) is 6. The van der Waals surface area contributed by atoms with Gasteiger partial charge in [-0.15, -0.1) is 0 Å². The average molecular weight is 385 g/mol. The molecule has 0 amide bonds. The molecule has 0 unspecified atom stereocenters. The molecule has 1 N–H and O–H groups in total. The van der Waals surface area contributed by atoms with E-state index in [1.165, 1.54) is 0 Å². The number of para-hydroxylation sites is 1. The van der Waals surface area contributed by atoms with Gasteiger partial charge in [-0.1, -0.05) is 18.2 Å². The quantitative estimate of drug-likeness (QED) is 0.823. The Morgan fingerprint density at radius 1 is 1.07 bits per heavy atom. The Kier molecular flexibility index (Phi) is 5.33. The van der Waals surface area contributed by atoms with Gasteiger partial charge in [-0.25, -0.2) is 0 Å². The zero-order chi connectivity index (χ0) is 19.6. The van der Waals surface area contributed by atoms with Crippen LogP contribution < -0.4 is 18.9 Å². The van der Waals surface area contributed by atoms with Crippen LogP contribution in [0.15, 0.2) is 36.4 Å². The van der Waals surface area contributed by atoms with E-state index in [-0.39, 0.29) is 6.79 Å². The first-order valence-electron chi connectivity index (χ1n) is 9.76. The maximum atomic E-state index is 11.2. The van der Waals surface area contributed by atoms with Crippen LogP contribution in [-0.2, 0) is 12.1 Å². The summed E-state index contributed by atoms with van der Waals surface area (Å²) in [6, 6.07) is 11.7. The Labute approximate surface area is 165 Å². The van der Waals surface area contributed by atoms with Crippen molar-refractivity contribution in [1.29, 1.82) is 0 Å². The van der Waals surface area contributed by atoms with Crippen molar-refractivity contribution in [3.63, 3.8) is 0 Å². The normalized spacial score (nSPS) is 18.1. The molecule has 2 aliphatic heterocycles. The highest BCUT2D eigenvalue weighted by atomic mass is 16.7. The second kappa shape index (κ2) is 7.89. The van der Waals surface area contributed by atoms with Gasteiger partial charge in [0.15, 0.2) is 11.5 Å². The van der Waals surface area contributed by atoms with E-state index in [4.69, 9.17) is 18.9 Å². The van der Waals surface area contributed by atoms with Crippen LogP contribution in [0.4, 0.5) is 0 Å². The van der Waals surface area contributed by atoms with E-state index in [0.717, 1.165) is 53.8 Å². The fraction of sp³-hybridized carbons (Fsp3) is 0.455. The number of rotatable bonds is 6. The van der Waals surface area contributed by atoms with Gasteiger partial charge in [0, 0.05) is 36.8 Å². The molecule has 0 saturated carbocycles. The van der Waals surface area contributed by atoms with Crippen LogP contribution in [0.5, 0.6) is 23.0 Å². The molecule has 0 spiro atoms. The van der Waals surface area contributed by atoms with Gasteiger partial charge in [-0.2, -0.15) is 0 Å². The number of fused-ring (bicyclic) bond motifs is 1. The zero-order valence-corrected chi connectivity index (χ0v) is 16.4. The Morgan fingerprint density at radius 3 is 2.50 bits per heavy atom. The number of ether oxygens (including phenoxy) is 4. The van der Waals surface area contributed by atoms with Crippen LogP contribution in [0.25, 0.3) is 0 Å². The van der Waals surface area contributed by atoms with Crippen LogP contribution in [0.1, 0.15) is 30.9 Å². The van der Waals surface area contributed by atoms with E-state index in [0.29, 0.717) is 19.4 Å². The van der Waals surface area contributed by atoms with E-state index in [1.54, 1.807) is 7.11 Å². The number of methoxy groups -OCH3 is 1. The highest BCUT2D eigenvalue weighted by molar-refractivity contribution is 5.52. The van der Waals surface area contributed by atoms with Gasteiger partial charge in [0.05, 0.1) is 19.3 Å². The van der Waals surface area contributed by atoms with Gasteiger partial charge in [0.1, 0.15) is 11.5 Å². The minimum Gasteiger partial charge on any atom is -0.496 e. The third-order valence-electron chi connectivity index (χ3n) is 5.54. The standard InChI is InChI=1S/C22H27NO5/c1-3-26-19-13-21-20(27-15-28-21)12-16(19)14-23-10-8-22(24,9-11-23)17-6-4-5-7-18(17)25-2/h4-7,12-13,24H,3,8-11,14-15H2,1-2H3. The maximum absolute atomic E-state index is 11.2. The lowest BCUT2D eigenvalue weighted by molar-refractivity contribution is -0.0293. The molecular formula is C22H27NO5. The van der Waals surface area contributed by atoms with Crippen molar-refractivity contribution in [3.8, 4) is 23.0 Å². The van der Waals surface area contributed by atoms with E-state index in [9.17, 15) is 5.11 Å². The van der Waals surface area contributed by atoms with Crippen LogP contribution in [0.2, 0.25) is 0 Å². The fourth-order valence-corrected chi connectivity index (χ4v) is 4.00. The number of nitrogens with zero attached hydrogens (tertiary/aromatic N) is 1. The van der Waals surface area contributed by atoms with E-state index < -0.39 is 5.60 Å². The summed E-state index contributed by atoms with van der Waals surface area (Å²) in [5.41, 5.74) is 1.09. The van der Waals surface area contributed by atoms with Crippen molar-refractivity contribution in [3.05, 3.63) is 47.5 Å². The van der Waals surface area contributed by atoms with Gasteiger partial charge in [-0.3, -0.25) is 4.90 Å². The number of piperidine rings is 1. The summed E-state index contributed by atoms with van der Waals surface area (Å²) in [6.45, 7) is 5.14. The Morgan fingerprint density at radius 2 is 1.79 bits per heavy atom. The second-order valence-electron chi connectivity index (χ2n) is 7.25. The molecular weight excluding hydrogens is 358 g/mol. The molecule has 1 saturated heterocycles. The summed E-state index contributed by atoms with van der Waals surface area (Å²) in [4.78, 5) is 2.34. The van der Waals surface area contributed by atoms with E-state index >= 15 is 0 Å². The van der Waals surface area contributed by atoms with E-state index in [2.05, 4.69) is 4.90 Å². The molecule has 2 heterocycles. The van der Waals surface area contributed by atoms with Crippen molar-refractivity contribution in [2.75, 3.05) is 33.6 Å². The van der Waals surface area contributed by atoms with Crippen molar-refractivity contribution < 1.29 is 24.1 Å². The summed E-state index contributed by atoms with van der Waals surface area (Å²) in [6.07, 6.45) is 1.31. The molecule has 0 aliphatic carbocycles. The molecule has 1 fully saturated rings. The SMILES string of the molecule is CCOc1cc2c(cc1CN1CCC(O)(c3ccccc3OC)CC1)OCO2. The first-order valence-corrected chi connectivity index (χ1v) is 9.76. The first kappa shape index (κ1) is 18.9. The Bertz CT molecular complexity index is 830. The van der Waals surface area contributed by atoms with Crippen LogP contribution in [0, 0.1) is 0 Å². The number of likely N-dealkylation sites (tertiary alicyclic amines) is 1. The molecule has 0 atom stereocenters. The predicted octanol–water partition coefficient (Wildman–Crippen LogP) is 3.31. The topological polar surface area (TPSA) is 60.4 Å². The summed E-state index contributed by atoms with van der Waals surface area (Å²) >= 11 is 0. The van der Waals surface area contributed by atoms with Gasteiger partial charge >= 0.3 is 0 Å². The third-order valence-corrected chi connectivity index (χ3v) is 5.54. The lowest BCUT2D eigenvalue weighted by atomic mass is 9.83. The molecule has 28 heavy (non-hydrogen) atoms. The Balaban J connectivity index is 1.48. The second-order valence-corrected chi connectivity index (χ2v) is 7.25. The molecule has 2 aliphatic rings. The van der Waals surface area contributed by atoms with Crippen molar-refractivity contribution in [2.45, 2.75) is 31.9 Å². The minimum atomic E-state index is -0.860. The van der Waals surface area contributed by atoms with Crippen molar-refractivity contribution in [2.24, 2.45) is 0 Å². The van der Waals surface area contributed by atoms with Crippen molar-refractivity contribution >= 4 is 0 Å². The van der Waals surface area contributed by atoms with Crippen molar-refractivity contribution in [1.82, 2.24) is 4.90 Å². The molecule has 6 nitrogen and oxygen atoms in total. The number of aliphatic hydroxyl groups is 1. The lowest BCUT2D eigenvalue weighted by Crippen LogP contribution is -2.42. The predicted molar refractivity (Wildman–Crippen MR) is 105 cm³/mol. The lowest BCUT2D eigenvalue weighted by Gasteiger charge is -2.39. The van der Waals surface area contributed by atoms with Gasteiger partial charge in [0.2, 0.25) is 6.79 Å². The minimum absolute atomic E-state index is 0.250. The summed E-state index contributed by atoms with van der Waals surface area (Å²) < 4.78 is 22.3. The molecule has 2 aromatic rings. The first-order chi connectivity index (χ1) is 13.6. The highest BCUT2D eigenvalue weighted by Crippen LogP contribution is 2.41. The average Bonchev–Trinajstić information content (AvgIpc) is 3.17. The summed E-state index contributed by atoms with van der Waals surface area (Å²) in [5, 5.41) is 11.2.